The normalized spacial score (nSPS) is 18.8. The third kappa shape index (κ3) is 5.09. The highest BCUT2D eigenvalue weighted by Gasteiger charge is 2.29. The van der Waals surface area contributed by atoms with Gasteiger partial charge in [0.2, 0.25) is 5.95 Å². The quantitative estimate of drug-likeness (QED) is 0.571. The van der Waals surface area contributed by atoms with E-state index in [0.717, 1.165) is 29.9 Å². The summed E-state index contributed by atoms with van der Waals surface area (Å²) in [5.41, 5.74) is 2.14. The minimum Gasteiger partial charge on any atom is -0.445 e. The first-order valence-electron chi connectivity index (χ1n) is 11.7. The molecule has 0 spiro atoms. The zero-order chi connectivity index (χ0) is 23.5. The molecule has 1 amide bonds. The van der Waals surface area contributed by atoms with Crippen LogP contribution in [-0.4, -0.2) is 65.2 Å². The topological polar surface area (TPSA) is 84.6 Å². The molecule has 2 fully saturated rings. The Bertz CT molecular complexity index is 1140. The van der Waals surface area contributed by atoms with Gasteiger partial charge in [0.25, 0.3) is 5.91 Å². The molecule has 34 heavy (non-hydrogen) atoms. The Morgan fingerprint density at radius 3 is 2.74 bits per heavy atom. The van der Waals surface area contributed by atoms with Crippen LogP contribution in [0.25, 0.3) is 0 Å². The molecule has 0 unspecified atom stereocenters. The number of carbonyl (C=O) groups excluding carboxylic acids is 1. The van der Waals surface area contributed by atoms with E-state index in [1.165, 1.54) is 12.1 Å². The maximum atomic E-state index is 13.3. The van der Waals surface area contributed by atoms with Gasteiger partial charge in [0.05, 0.1) is 25.3 Å². The molecule has 9 heteroatoms. The monoisotopic (exact) mass is 465 g/mol. The van der Waals surface area contributed by atoms with Crippen molar-refractivity contribution in [2.24, 2.45) is 0 Å². The summed E-state index contributed by atoms with van der Waals surface area (Å²) >= 11 is 0. The van der Waals surface area contributed by atoms with E-state index in [9.17, 15) is 9.18 Å². The Hall–Kier alpha value is -3.33. The number of oxazole rings is 1. The third-order valence-electron chi connectivity index (χ3n) is 6.28. The molecule has 2 aliphatic rings. The van der Waals surface area contributed by atoms with Crippen molar-refractivity contribution in [2.75, 3.05) is 44.3 Å². The van der Waals surface area contributed by atoms with E-state index >= 15 is 0 Å². The molecule has 1 atom stereocenters. The van der Waals surface area contributed by atoms with Gasteiger partial charge >= 0.3 is 0 Å². The fraction of sp³-hybridized carbons (Fsp3) is 0.440. The molecule has 3 aromatic rings. The number of hydrogen-bond acceptors (Lipinski definition) is 7. The number of aromatic nitrogens is 3. The lowest BCUT2D eigenvalue weighted by Crippen LogP contribution is -2.40. The van der Waals surface area contributed by atoms with E-state index in [2.05, 4.69) is 19.9 Å². The van der Waals surface area contributed by atoms with Gasteiger partial charge in [0.1, 0.15) is 17.3 Å². The van der Waals surface area contributed by atoms with Crippen LogP contribution in [0.1, 0.15) is 52.2 Å². The van der Waals surface area contributed by atoms with E-state index in [1.807, 2.05) is 11.8 Å². The fourth-order valence-corrected chi connectivity index (χ4v) is 4.49. The number of ether oxygens (including phenoxy) is 1. The van der Waals surface area contributed by atoms with Crippen molar-refractivity contribution in [3.05, 3.63) is 70.9 Å². The molecule has 0 saturated carbocycles. The summed E-state index contributed by atoms with van der Waals surface area (Å²) in [4.78, 5) is 30.9. The van der Waals surface area contributed by atoms with Crippen LogP contribution in [-0.2, 0) is 11.2 Å². The molecular formula is C25H28FN5O3. The maximum Gasteiger partial charge on any atom is 0.272 e. The van der Waals surface area contributed by atoms with Crippen LogP contribution in [0.2, 0.25) is 0 Å². The number of likely N-dealkylation sites (tertiary alicyclic amines) is 1. The summed E-state index contributed by atoms with van der Waals surface area (Å²) < 4.78 is 24.6. The van der Waals surface area contributed by atoms with Crippen LogP contribution in [0.3, 0.4) is 0 Å². The van der Waals surface area contributed by atoms with Gasteiger partial charge in [0.15, 0.2) is 5.89 Å². The number of rotatable bonds is 5. The molecule has 0 N–H and O–H groups in total. The minimum atomic E-state index is -0.259. The van der Waals surface area contributed by atoms with Crippen LogP contribution in [0, 0.1) is 12.7 Å². The number of nitrogens with zero attached hydrogens (tertiary/aromatic N) is 5. The number of anilines is 1. The van der Waals surface area contributed by atoms with Crippen molar-refractivity contribution in [2.45, 2.75) is 32.1 Å². The molecule has 5 rings (SSSR count). The molecule has 2 saturated heterocycles. The molecule has 0 radical (unpaired) electrons. The summed E-state index contributed by atoms with van der Waals surface area (Å²) in [5, 5.41) is 0. The zero-order valence-electron chi connectivity index (χ0n) is 19.2. The van der Waals surface area contributed by atoms with Crippen LogP contribution in [0.4, 0.5) is 10.3 Å². The second-order valence-electron chi connectivity index (χ2n) is 8.85. The van der Waals surface area contributed by atoms with Gasteiger partial charge in [-0.1, -0.05) is 12.1 Å². The fourth-order valence-electron chi connectivity index (χ4n) is 4.49. The minimum absolute atomic E-state index is 0.0290. The van der Waals surface area contributed by atoms with Gasteiger partial charge in [-0.05, 0) is 43.5 Å². The van der Waals surface area contributed by atoms with Gasteiger partial charge in [-0.15, -0.1) is 0 Å². The third-order valence-corrected chi connectivity index (χ3v) is 6.28. The van der Waals surface area contributed by atoms with Gasteiger partial charge in [-0.3, -0.25) is 4.79 Å². The molecule has 1 aromatic carbocycles. The highest BCUT2D eigenvalue weighted by atomic mass is 19.1. The summed E-state index contributed by atoms with van der Waals surface area (Å²) in [5.74, 6) is 1.63. The number of benzene rings is 1. The van der Waals surface area contributed by atoms with Crippen molar-refractivity contribution in [1.82, 2.24) is 19.9 Å². The Balaban J connectivity index is 1.27. The number of amides is 1. The molecule has 2 aromatic heterocycles. The van der Waals surface area contributed by atoms with Crippen LogP contribution < -0.4 is 4.90 Å². The molecule has 2 aliphatic heterocycles. The standard InChI is InChI=1S/C25H28FN5O3/c1-17-13-22(29-25(28-17)30-9-11-33-12-10-30)24(32)31-8-2-3-19(16-31)23-27-15-21(34-23)14-18-4-6-20(26)7-5-18/h4-7,13,15,19H,2-3,8-12,14,16H2,1H3/t19-/m0/s1. The van der Waals surface area contributed by atoms with Crippen LogP contribution >= 0.6 is 0 Å². The van der Waals surface area contributed by atoms with Gasteiger partial charge < -0.3 is 19.0 Å². The highest BCUT2D eigenvalue weighted by molar-refractivity contribution is 5.92. The predicted octanol–water partition coefficient (Wildman–Crippen LogP) is 3.36. The average molecular weight is 466 g/mol. The van der Waals surface area contributed by atoms with Crippen LogP contribution in [0.15, 0.2) is 40.9 Å². The van der Waals surface area contributed by atoms with E-state index in [0.29, 0.717) is 63.3 Å². The van der Waals surface area contributed by atoms with Crippen LogP contribution in [0.5, 0.6) is 0 Å². The van der Waals surface area contributed by atoms with Gasteiger partial charge in [0, 0.05) is 38.3 Å². The van der Waals surface area contributed by atoms with Crippen molar-refractivity contribution >= 4 is 11.9 Å². The van der Waals surface area contributed by atoms with E-state index in [4.69, 9.17) is 9.15 Å². The molecule has 4 heterocycles. The number of piperidine rings is 1. The first kappa shape index (κ1) is 22.5. The average Bonchev–Trinajstić information content (AvgIpc) is 3.34. The lowest BCUT2D eigenvalue weighted by atomic mass is 9.97. The zero-order valence-corrected chi connectivity index (χ0v) is 19.2. The predicted molar refractivity (Wildman–Crippen MR) is 123 cm³/mol. The Morgan fingerprint density at radius 2 is 1.94 bits per heavy atom. The first-order valence-corrected chi connectivity index (χ1v) is 11.7. The van der Waals surface area contributed by atoms with E-state index in [1.54, 1.807) is 24.4 Å². The summed E-state index contributed by atoms with van der Waals surface area (Å²) in [6.45, 7) is 5.79. The Labute approximate surface area is 197 Å². The maximum absolute atomic E-state index is 13.3. The Kier molecular flexibility index (Phi) is 6.53. The van der Waals surface area contributed by atoms with Gasteiger partial charge in [-0.2, -0.15) is 0 Å². The number of halogens is 1. The molecule has 178 valence electrons. The summed E-state index contributed by atoms with van der Waals surface area (Å²) in [6.07, 6.45) is 4.05. The van der Waals surface area contributed by atoms with Gasteiger partial charge in [-0.25, -0.2) is 19.3 Å². The smallest absolute Gasteiger partial charge is 0.272 e. The van der Waals surface area contributed by atoms with E-state index in [-0.39, 0.29) is 17.6 Å². The van der Waals surface area contributed by atoms with Crippen molar-refractivity contribution in [1.29, 1.82) is 0 Å². The van der Waals surface area contributed by atoms with E-state index < -0.39 is 0 Å². The number of aryl methyl sites for hydroxylation is 1. The molecule has 0 bridgehead atoms. The first-order chi connectivity index (χ1) is 16.5. The number of hydrogen-bond donors (Lipinski definition) is 0. The van der Waals surface area contributed by atoms with Crippen molar-refractivity contribution in [3.8, 4) is 0 Å². The number of morpholine rings is 1. The summed E-state index contributed by atoms with van der Waals surface area (Å²) in [7, 11) is 0. The largest absolute Gasteiger partial charge is 0.445 e. The molecular weight excluding hydrogens is 437 g/mol. The second-order valence-corrected chi connectivity index (χ2v) is 8.85. The number of carbonyl (C=O) groups is 1. The highest BCUT2D eigenvalue weighted by Crippen LogP contribution is 2.28. The lowest BCUT2D eigenvalue weighted by Gasteiger charge is -2.31. The SMILES string of the molecule is Cc1cc(C(=O)N2CCC[C@H](c3ncc(Cc4ccc(F)cc4)o3)C2)nc(N2CCOCC2)n1. The lowest BCUT2D eigenvalue weighted by molar-refractivity contribution is 0.0691. The molecule has 8 nitrogen and oxygen atoms in total. The van der Waals surface area contributed by atoms with Crippen molar-refractivity contribution < 1.29 is 18.3 Å². The van der Waals surface area contributed by atoms with Crippen molar-refractivity contribution in [3.63, 3.8) is 0 Å². The Morgan fingerprint density at radius 1 is 1.15 bits per heavy atom. The molecule has 0 aliphatic carbocycles. The summed E-state index contributed by atoms with van der Waals surface area (Å²) in [6, 6.07) is 8.12. The second kappa shape index (κ2) is 9.89.